The molecule has 0 spiro atoms. The van der Waals surface area contributed by atoms with E-state index in [1.807, 2.05) is 0 Å². The lowest BCUT2D eigenvalue weighted by Crippen LogP contribution is -2.37. The van der Waals surface area contributed by atoms with Gasteiger partial charge in [-0.1, -0.05) is 6.92 Å². The van der Waals surface area contributed by atoms with Crippen LogP contribution in [0.25, 0.3) is 0 Å². The van der Waals surface area contributed by atoms with Crippen molar-refractivity contribution in [3.63, 3.8) is 0 Å². The Bertz CT molecular complexity index is 488. The Morgan fingerprint density at radius 1 is 1.43 bits per heavy atom. The van der Waals surface area contributed by atoms with Crippen molar-refractivity contribution in [2.24, 2.45) is 5.92 Å². The third-order valence-corrected chi connectivity index (χ3v) is 4.03. The Morgan fingerprint density at radius 2 is 2.14 bits per heavy atom. The van der Waals surface area contributed by atoms with Crippen LogP contribution in [0.2, 0.25) is 0 Å². The fraction of sp³-hybridized carbons (Fsp3) is 0.600. The number of hydrogen-bond donors (Lipinski definition) is 1. The molecule has 0 saturated carbocycles. The summed E-state index contributed by atoms with van der Waals surface area (Å²) >= 11 is 0. The van der Waals surface area contributed by atoms with Crippen LogP contribution >= 0.6 is 0 Å². The van der Waals surface area contributed by atoms with Crippen molar-refractivity contribution in [2.45, 2.75) is 26.3 Å². The van der Waals surface area contributed by atoms with Gasteiger partial charge < -0.3 is 5.32 Å². The lowest BCUT2D eigenvalue weighted by atomic mass is 9.96. The summed E-state index contributed by atoms with van der Waals surface area (Å²) in [6, 6.07) is 3.90. The van der Waals surface area contributed by atoms with Crippen LogP contribution in [0.3, 0.4) is 0 Å². The Balaban J connectivity index is 1.87. The fourth-order valence-electron chi connectivity index (χ4n) is 2.72. The molecule has 21 heavy (non-hydrogen) atoms. The maximum atomic E-state index is 13.9. The monoisotopic (exact) mass is 295 g/mol. The molecule has 6 heteroatoms. The van der Waals surface area contributed by atoms with Gasteiger partial charge in [-0.05, 0) is 51.0 Å². The molecule has 1 fully saturated rings. The largest absolute Gasteiger partial charge is 0.317 e. The lowest BCUT2D eigenvalue weighted by molar-refractivity contribution is -0.385. The van der Waals surface area contributed by atoms with Gasteiger partial charge in [0.15, 0.2) is 0 Å². The molecule has 0 amide bonds. The maximum absolute atomic E-state index is 13.9. The van der Waals surface area contributed by atoms with Gasteiger partial charge in [-0.25, -0.2) is 4.39 Å². The minimum atomic E-state index is -0.570. The second kappa shape index (κ2) is 7.47. The molecular formula is C15H22FN3O2. The zero-order chi connectivity index (χ0) is 15.2. The minimum Gasteiger partial charge on any atom is -0.317 e. The van der Waals surface area contributed by atoms with E-state index in [0.717, 1.165) is 45.1 Å². The van der Waals surface area contributed by atoms with Crippen molar-refractivity contribution < 1.29 is 9.31 Å². The van der Waals surface area contributed by atoms with Crippen LogP contribution in [0.1, 0.15) is 25.3 Å². The first kappa shape index (κ1) is 15.9. The third-order valence-electron chi connectivity index (χ3n) is 4.03. The molecule has 1 aliphatic rings. The van der Waals surface area contributed by atoms with Crippen LogP contribution < -0.4 is 5.32 Å². The number of hydrogen-bond acceptors (Lipinski definition) is 4. The Morgan fingerprint density at radius 3 is 2.71 bits per heavy atom. The van der Waals surface area contributed by atoms with E-state index in [4.69, 9.17) is 0 Å². The Labute approximate surface area is 124 Å². The van der Waals surface area contributed by atoms with Crippen molar-refractivity contribution in [2.75, 3.05) is 26.2 Å². The van der Waals surface area contributed by atoms with E-state index >= 15 is 0 Å². The summed E-state index contributed by atoms with van der Waals surface area (Å²) < 4.78 is 13.9. The molecule has 1 aliphatic heterocycles. The van der Waals surface area contributed by atoms with Crippen molar-refractivity contribution in [1.29, 1.82) is 0 Å². The van der Waals surface area contributed by atoms with E-state index in [0.29, 0.717) is 18.0 Å². The molecular weight excluding hydrogens is 273 g/mol. The van der Waals surface area contributed by atoms with Crippen molar-refractivity contribution in [1.82, 2.24) is 10.2 Å². The molecule has 0 atom stereocenters. The summed E-state index contributed by atoms with van der Waals surface area (Å²) in [7, 11) is 0. The van der Waals surface area contributed by atoms with Crippen molar-refractivity contribution in [3.05, 3.63) is 39.7 Å². The molecule has 116 valence electrons. The predicted molar refractivity (Wildman–Crippen MR) is 79.6 cm³/mol. The van der Waals surface area contributed by atoms with Crippen molar-refractivity contribution >= 4 is 5.69 Å². The lowest BCUT2D eigenvalue weighted by Gasteiger charge is -2.32. The maximum Gasteiger partial charge on any atom is 0.272 e. The molecule has 0 radical (unpaired) electrons. The zero-order valence-electron chi connectivity index (χ0n) is 12.3. The number of nitrogens with one attached hydrogen (secondary N) is 1. The summed E-state index contributed by atoms with van der Waals surface area (Å²) in [5, 5.41) is 14.0. The molecule has 1 heterocycles. The van der Waals surface area contributed by atoms with E-state index < -0.39 is 10.7 Å². The van der Waals surface area contributed by atoms with Crippen LogP contribution in [-0.2, 0) is 6.54 Å². The topological polar surface area (TPSA) is 58.4 Å². The molecule has 1 aromatic rings. The van der Waals surface area contributed by atoms with Gasteiger partial charge in [-0.2, -0.15) is 0 Å². The van der Waals surface area contributed by atoms with Gasteiger partial charge >= 0.3 is 0 Å². The quantitative estimate of drug-likeness (QED) is 0.647. The number of nitrogens with zero attached hydrogens (tertiary/aromatic N) is 2. The number of piperidine rings is 1. The van der Waals surface area contributed by atoms with Gasteiger partial charge in [0, 0.05) is 18.2 Å². The SMILES string of the molecule is CCNCC1CCN(Cc2ccc([N+](=O)[O-])cc2F)CC1. The standard InChI is InChI=1S/C15H22FN3O2/c1-2-17-10-12-5-7-18(8-6-12)11-13-3-4-14(19(20)21)9-15(13)16/h3-4,9,12,17H,2,5-8,10-11H2,1H3. The number of benzene rings is 1. The average molecular weight is 295 g/mol. The normalized spacial score (nSPS) is 17.0. The molecule has 0 unspecified atom stereocenters. The smallest absolute Gasteiger partial charge is 0.272 e. The van der Waals surface area contributed by atoms with Gasteiger partial charge in [-0.15, -0.1) is 0 Å². The minimum absolute atomic E-state index is 0.194. The second-order valence-corrected chi connectivity index (χ2v) is 5.56. The molecule has 0 bridgehead atoms. The van der Waals surface area contributed by atoms with Gasteiger partial charge in [0.05, 0.1) is 11.0 Å². The number of likely N-dealkylation sites (tertiary alicyclic amines) is 1. The molecule has 5 nitrogen and oxygen atoms in total. The summed E-state index contributed by atoms with van der Waals surface area (Å²) in [5.74, 6) is 0.210. The highest BCUT2D eigenvalue weighted by molar-refractivity contribution is 5.34. The fourth-order valence-corrected chi connectivity index (χ4v) is 2.72. The van der Waals surface area contributed by atoms with Gasteiger partial charge in [-0.3, -0.25) is 15.0 Å². The zero-order valence-corrected chi connectivity index (χ0v) is 12.3. The van der Waals surface area contributed by atoms with Crippen LogP contribution in [0.5, 0.6) is 0 Å². The van der Waals surface area contributed by atoms with Crippen molar-refractivity contribution in [3.8, 4) is 0 Å². The van der Waals surface area contributed by atoms with Gasteiger partial charge in [0.25, 0.3) is 5.69 Å². The second-order valence-electron chi connectivity index (χ2n) is 5.56. The van der Waals surface area contributed by atoms with Gasteiger partial charge in [0.2, 0.25) is 0 Å². The predicted octanol–water partition coefficient (Wildman–Crippen LogP) is 2.56. The molecule has 0 aromatic heterocycles. The summed E-state index contributed by atoms with van der Waals surface area (Å²) in [6.07, 6.45) is 2.23. The third kappa shape index (κ3) is 4.47. The van der Waals surface area contributed by atoms with E-state index in [2.05, 4.69) is 17.1 Å². The summed E-state index contributed by atoms with van der Waals surface area (Å²) in [6.45, 7) is 6.58. The van der Waals surface area contributed by atoms with E-state index in [9.17, 15) is 14.5 Å². The molecule has 1 N–H and O–H groups in total. The first-order chi connectivity index (χ1) is 10.1. The average Bonchev–Trinajstić information content (AvgIpc) is 2.48. The Hall–Kier alpha value is -1.53. The molecule has 1 aromatic carbocycles. The number of nitro groups is 1. The number of halogens is 1. The highest BCUT2D eigenvalue weighted by Crippen LogP contribution is 2.21. The van der Waals surface area contributed by atoms with E-state index in [-0.39, 0.29) is 5.69 Å². The molecule has 1 saturated heterocycles. The van der Waals surface area contributed by atoms with Crippen LogP contribution in [0.4, 0.5) is 10.1 Å². The van der Waals surface area contributed by atoms with E-state index in [1.54, 1.807) is 0 Å². The highest BCUT2D eigenvalue weighted by atomic mass is 19.1. The van der Waals surface area contributed by atoms with E-state index in [1.165, 1.54) is 12.1 Å². The number of nitro benzene ring substituents is 1. The van der Waals surface area contributed by atoms with Crippen LogP contribution in [-0.4, -0.2) is 36.0 Å². The number of non-ortho nitro benzene ring substituents is 1. The first-order valence-corrected chi connectivity index (χ1v) is 7.46. The highest BCUT2D eigenvalue weighted by Gasteiger charge is 2.20. The summed E-state index contributed by atoms with van der Waals surface area (Å²) in [4.78, 5) is 12.2. The van der Waals surface area contributed by atoms with Crippen LogP contribution in [0, 0.1) is 21.8 Å². The number of rotatable bonds is 6. The first-order valence-electron chi connectivity index (χ1n) is 7.46. The van der Waals surface area contributed by atoms with Crippen LogP contribution in [0.15, 0.2) is 18.2 Å². The summed E-state index contributed by atoms with van der Waals surface area (Å²) in [5.41, 5.74) is 0.339. The molecule has 2 rings (SSSR count). The Kier molecular flexibility index (Phi) is 5.64. The molecule has 0 aliphatic carbocycles. The van der Waals surface area contributed by atoms with Gasteiger partial charge in [0.1, 0.15) is 5.82 Å².